The minimum atomic E-state index is -0.982. The first-order valence-corrected chi connectivity index (χ1v) is 4.25. The molecule has 2 aliphatic carbocycles. The predicted molar refractivity (Wildman–Crippen MR) is 57.5 cm³/mol. The Bertz CT molecular complexity index is 274. The molecule has 4 unspecified atom stereocenters. The first-order chi connectivity index (χ1) is 6.11. The van der Waals surface area contributed by atoms with Crippen molar-refractivity contribution in [1.29, 1.82) is 0 Å². The smallest absolute Gasteiger partial charge is 0.307 e. The van der Waals surface area contributed by atoms with E-state index >= 15 is 0 Å². The van der Waals surface area contributed by atoms with Crippen LogP contribution in [0.25, 0.3) is 0 Å². The zero-order valence-corrected chi connectivity index (χ0v) is 9.33. The van der Waals surface area contributed by atoms with Gasteiger partial charge >= 0.3 is 11.9 Å². The molecule has 2 bridgehead atoms. The number of hydrogen-bond donors (Lipinski definition) is 2. The highest BCUT2D eigenvalue weighted by Gasteiger charge is 2.51. The van der Waals surface area contributed by atoms with E-state index in [9.17, 15) is 9.59 Å². The normalized spacial score (nSPS) is 35.5. The van der Waals surface area contributed by atoms with Gasteiger partial charge in [0.05, 0.1) is 11.8 Å². The van der Waals surface area contributed by atoms with Crippen LogP contribution in [0.3, 0.4) is 0 Å². The Kier molecular flexibility index (Phi) is 4.62. The highest BCUT2D eigenvalue weighted by atomic mass is 35.5. The molecule has 6 heteroatoms. The lowest BCUT2D eigenvalue weighted by atomic mass is 9.83. The van der Waals surface area contributed by atoms with Crippen LogP contribution in [0.2, 0.25) is 0 Å². The first kappa shape index (κ1) is 14.3. The molecule has 2 N–H and O–H groups in total. The van der Waals surface area contributed by atoms with Gasteiger partial charge in [0.2, 0.25) is 0 Å². The van der Waals surface area contributed by atoms with Crippen molar-refractivity contribution < 1.29 is 19.8 Å². The SMILES string of the molecule is Cl.Cl.O=C(O)C1C2C=CC(C2)C1C(=O)O. The summed E-state index contributed by atoms with van der Waals surface area (Å²) >= 11 is 0. The molecule has 0 spiro atoms. The summed E-state index contributed by atoms with van der Waals surface area (Å²) in [6, 6.07) is 0. The Hall–Kier alpha value is -0.740. The molecule has 0 aliphatic heterocycles. The van der Waals surface area contributed by atoms with E-state index in [2.05, 4.69) is 0 Å². The third-order valence-electron chi connectivity index (χ3n) is 3.03. The van der Waals surface area contributed by atoms with E-state index in [1.54, 1.807) is 0 Å². The molecule has 1 fully saturated rings. The van der Waals surface area contributed by atoms with Crippen molar-refractivity contribution in [3.05, 3.63) is 12.2 Å². The number of carbonyl (C=O) groups is 2. The van der Waals surface area contributed by atoms with Crippen LogP contribution in [0.4, 0.5) is 0 Å². The molecule has 2 rings (SSSR count). The predicted octanol–water partition coefficient (Wildman–Crippen LogP) is 1.44. The van der Waals surface area contributed by atoms with Crippen LogP contribution in [0.5, 0.6) is 0 Å². The van der Waals surface area contributed by atoms with E-state index in [-0.39, 0.29) is 36.6 Å². The molecule has 4 nitrogen and oxygen atoms in total. The number of hydrogen-bond acceptors (Lipinski definition) is 2. The maximum atomic E-state index is 10.8. The summed E-state index contributed by atoms with van der Waals surface area (Å²) in [7, 11) is 0. The third-order valence-corrected chi connectivity index (χ3v) is 3.03. The molecule has 4 atom stereocenters. The summed E-state index contributed by atoms with van der Waals surface area (Å²) in [5, 5.41) is 17.7. The average Bonchev–Trinajstić information content (AvgIpc) is 2.60. The lowest BCUT2D eigenvalue weighted by Crippen LogP contribution is -2.32. The van der Waals surface area contributed by atoms with Gasteiger partial charge in [0, 0.05) is 0 Å². The highest BCUT2D eigenvalue weighted by Crippen LogP contribution is 2.48. The Morgan fingerprint density at radius 1 is 0.933 bits per heavy atom. The van der Waals surface area contributed by atoms with E-state index in [0.717, 1.165) is 0 Å². The summed E-state index contributed by atoms with van der Waals surface area (Å²) in [6.45, 7) is 0. The second-order valence-electron chi connectivity index (χ2n) is 3.68. The molecule has 0 aromatic heterocycles. The summed E-state index contributed by atoms with van der Waals surface area (Å²) in [4.78, 5) is 21.6. The first-order valence-electron chi connectivity index (χ1n) is 4.25. The van der Waals surface area contributed by atoms with Gasteiger partial charge in [-0.05, 0) is 18.3 Å². The molecule has 0 amide bonds. The van der Waals surface area contributed by atoms with Crippen LogP contribution >= 0.6 is 24.8 Å². The van der Waals surface area contributed by atoms with E-state index in [0.29, 0.717) is 6.42 Å². The van der Waals surface area contributed by atoms with Crippen LogP contribution in [0, 0.1) is 23.7 Å². The molecule has 15 heavy (non-hydrogen) atoms. The summed E-state index contributed by atoms with van der Waals surface area (Å²) in [5.41, 5.74) is 0. The molecule has 86 valence electrons. The maximum absolute atomic E-state index is 10.8. The fourth-order valence-electron chi connectivity index (χ4n) is 2.50. The van der Waals surface area contributed by atoms with Crippen molar-refractivity contribution in [3.8, 4) is 0 Å². The summed E-state index contributed by atoms with van der Waals surface area (Å²) < 4.78 is 0. The molecule has 2 aliphatic rings. The largest absolute Gasteiger partial charge is 0.481 e. The Labute approximate surface area is 99.2 Å². The van der Waals surface area contributed by atoms with E-state index in [1.807, 2.05) is 12.2 Å². The molecular formula is C9H12Cl2O4. The van der Waals surface area contributed by atoms with Crippen molar-refractivity contribution in [2.24, 2.45) is 23.7 Å². The summed E-state index contributed by atoms with van der Waals surface area (Å²) in [6.07, 6.45) is 4.36. The van der Waals surface area contributed by atoms with Crippen LogP contribution in [0.1, 0.15) is 6.42 Å². The van der Waals surface area contributed by atoms with Gasteiger partial charge in [-0.1, -0.05) is 12.2 Å². The zero-order chi connectivity index (χ0) is 9.59. The van der Waals surface area contributed by atoms with Crippen LogP contribution in [-0.4, -0.2) is 22.2 Å². The molecule has 0 aromatic carbocycles. The monoisotopic (exact) mass is 254 g/mol. The number of rotatable bonds is 2. The lowest BCUT2D eigenvalue weighted by molar-refractivity contribution is -0.154. The van der Waals surface area contributed by atoms with E-state index in [1.165, 1.54) is 0 Å². The molecule has 0 aromatic rings. The second kappa shape index (κ2) is 4.86. The fraction of sp³-hybridized carbons (Fsp3) is 0.556. The van der Waals surface area contributed by atoms with Gasteiger partial charge in [0.25, 0.3) is 0 Å². The van der Waals surface area contributed by atoms with Crippen LogP contribution in [-0.2, 0) is 9.59 Å². The van der Waals surface area contributed by atoms with Crippen molar-refractivity contribution in [3.63, 3.8) is 0 Å². The minimum absolute atomic E-state index is 0. The lowest BCUT2D eigenvalue weighted by Gasteiger charge is -2.20. The van der Waals surface area contributed by atoms with Crippen LogP contribution in [0.15, 0.2) is 12.2 Å². The van der Waals surface area contributed by atoms with Crippen molar-refractivity contribution >= 4 is 36.8 Å². The Balaban J connectivity index is 0.000000980. The molecule has 0 radical (unpaired) electrons. The van der Waals surface area contributed by atoms with Gasteiger partial charge in [0.15, 0.2) is 0 Å². The number of fused-ring (bicyclic) bond motifs is 2. The van der Waals surface area contributed by atoms with Gasteiger partial charge in [-0.15, -0.1) is 24.8 Å². The number of carboxylic acids is 2. The average molecular weight is 255 g/mol. The topological polar surface area (TPSA) is 74.6 Å². The third kappa shape index (κ3) is 2.11. The van der Waals surface area contributed by atoms with Crippen molar-refractivity contribution in [2.45, 2.75) is 6.42 Å². The van der Waals surface area contributed by atoms with Gasteiger partial charge in [0.1, 0.15) is 0 Å². The highest BCUT2D eigenvalue weighted by molar-refractivity contribution is 5.85. The molecule has 0 heterocycles. The van der Waals surface area contributed by atoms with Crippen molar-refractivity contribution in [2.75, 3.05) is 0 Å². The van der Waals surface area contributed by atoms with Gasteiger partial charge in [-0.25, -0.2) is 0 Å². The summed E-state index contributed by atoms with van der Waals surface area (Å²) in [5.74, 6) is -3.53. The molecular weight excluding hydrogens is 243 g/mol. The quantitative estimate of drug-likeness (QED) is 0.732. The second-order valence-corrected chi connectivity index (χ2v) is 3.68. The number of carboxylic acid groups (broad SMARTS) is 2. The van der Waals surface area contributed by atoms with Gasteiger partial charge < -0.3 is 10.2 Å². The Morgan fingerprint density at radius 2 is 1.27 bits per heavy atom. The van der Waals surface area contributed by atoms with E-state index < -0.39 is 23.8 Å². The number of halogens is 2. The molecule has 0 saturated heterocycles. The van der Waals surface area contributed by atoms with Crippen LogP contribution < -0.4 is 0 Å². The van der Waals surface area contributed by atoms with Crippen molar-refractivity contribution in [1.82, 2.24) is 0 Å². The fourth-order valence-corrected chi connectivity index (χ4v) is 2.50. The standard InChI is InChI=1S/C9H10O4.2ClH/c10-8(11)6-4-1-2-5(3-4)7(6)9(12)13;;/h1-2,4-7H,3H2,(H,10,11)(H,12,13);2*1H. The minimum Gasteiger partial charge on any atom is -0.481 e. The van der Waals surface area contributed by atoms with Gasteiger partial charge in [-0.2, -0.15) is 0 Å². The Morgan fingerprint density at radius 3 is 1.53 bits per heavy atom. The zero-order valence-electron chi connectivity index (χ0n) is 7.70. The van der Waals surface area contributed by atoms with E-state index in [4.69, 9.17) is 10.2 Å². The molecule has 1 saturated carbocycles. The number of allylic oxidation sites excluding steroid dienone is 2. The maximum Gasteiger partial charge on any atom is 0.307 e. The van der Waals surface area contributed by atoms with Gasteiger partial charge in [-0.3, -0.25) is 9.59 Å². The number of aliphatic carboxylic acids is 2.